The Balaban J connectivity index is 2.06. The molecule has 1 fully saturated rings. The minimum atomic E-state index is -0.262. The highest BCUT2D eigenvalue weighted by Gasteiger charge is 2.34. The van der Waals surface area contributed by atoms with Crippen molar-refractivity contribution in [1.29, 1.82) is 0 Å². The highest BCUT2D eigenvalue weighted by molar-refractivity contribution is 5.89. The second kappa shape index (κ2) is 5.34. The maximum Gasteiger partial charge on any atom is 0.242 e. The third kappa shape index (κ3) is 2.51. The van der Waals surface area contributed by atoms with Gasteiger partial charge < -0.3 is 10.2 Å². The largest absolute Gasteiger partial charge is 0.353 e. The molecular formula is C13H20N2O2. The van der Waals surface area contributed by atoms with Gasteiger partial charge in [0.1, 0.15) is 6.04 Å². The highest BCUT2D eigenvalue weighted by atomic mass is 16.2. The highest BCUT2D eigenvalue weighted by Crippen LogP contribution is 2.22. The minimum Gasteiger partial charge on any atom is -0.353 e. The van der Waals surface area contributed by atoms with E-state index < -0.39 is 0 Å². The molecule has 0 bridgehead atoms. The van der Waals surface area contributed by atoms with E-state index in [-0.39, 0.29) is 23.8 Å². The molecule has 4 heteroatoms. The van der Waals surface area contributed by atoms with Gasteiger partial charge in [-0.05, 0) is 25.7 Å². The summed E-state index contributed by atoms with van der Waals surface area (Å²) in [5.41, 5.74) is 0. The number of rotatable bonds is 2. The zero-order valence-corrected chi connectivity index (χ0v) is 10.3. The number of amides is 2. The Kier molecular flexibility index (Phi) is 3.82. The number of carbonyl (C=O) groups is 2. The summed E-state index contributed by atoms with van der Waals surface area (Å²) >= 11 is 0. The molecule has 0 aromatic rings. The number of piperazine rings is 1. The van der Waals surface area contributed by atoms with Crippen molar-refractivity contribution >= 4 is 11.8 Å². The molecule has 2 amide bonds. The van der Waals surface area contributed by atoms with E-state index >= 15 is 0 Å². The van der Waals surface area contributed by atoms with Crippen molar-refractivity contribution in [1.82, 2.24) is 10.2 Å². The van der Waals surface area contributed by atoms with Gasteiger partial charge in [0, 0.05) is 19.0 Å². The smallest absolute Gasteiger partial charge is 0.242 e. The number of hydrogen-bond donors (Lipinski definition) is 1. The van der Waals surface area contributed by atoms with Gasteiger partial charge in [-0.3, -0.25) is 9.59 Å². The summed E-state index contributed by atoms with van der Waals surface area (Å²) in [5, 5.41) is 2.82. The Morgan fingerprint density at radius 1 is 1.53 bits per heavy atom. The zero-order chi connectivity index (χ0) is 12.3. The first-order valence-corrected chi connectivity index (χ1v) is 6.47. The maximum atomic E-state index is 12.4. The summed E-state index contributed by atoms with van der Waals surface area (Å²) in [7, 11) is 0. The van der Waals surface area contributed by atoms with Crippen LogP contribution in [-0.2, 0) is 9.59 Å². The van der Waals surface area contributed by atoms with Crippen LogP contribution in [0.25, 0.3) is 0 Å². The van der Waals surface area contributed by atoms with Crippen molar-refractivity contribution in [3.05, 3.63) is 12.2 Å². The standard InChI is InChI=1S/C13H20N2O2/c1-2-11-12(16)14-8-9-15(11)13(17)10-6-4-3-5-7-10/h3-4,10-11H,2,5-9H2,1H3,(H,14,16). The Hall–Kier alpha value is -1.32. The second-order valence-electron chi connectivity index (χ2n) is 4.73. The lowest BCUT2D eigenvalue weighted by atomic mass is 9.92. The van der Waals surface area contributed by atoms with Gasteiger partial charge in [-0.15, -0.1) is 0 Å². The molecule has 94 valence electrons. The van der Waals surface area contributed by atoms with E-state index in [1.54, 1.807) is 4.90 Å². The summed E-state index contributed by atoms with van der Waals surface area (Å²) in [6.07, 6.45) is 7.63. The molecule has 0 aromatic heterocycles. The number of allylic oxidation sites excluding steroid dienone is 2. The van der Waals surface area contributed by atoms with Gasteiger partial charge in [0.25, 0.3) is 0 Å². The minimum absolute atomic E-state index is 0.00143. The van der Waals surface area contributed by atoms with Crippen LogP contribution >= 0.6 is 0 Å². The van der Waals surface area contributed by atoms with Crippen molar-refractivity contribution in [2.45, 2.75) is 38.6 Å². The SMILES string of the molecule is CCC1C(=O)NCCN1C(=O)C1CC=CCC1. The fraction of sp³-hybridized carbons (Fsp3) is 0.692. The molecule has 2 unspecified atom stereocenters. The normalized spacial score (nSPS) is 29.0. The van der Waals surface area contributed by atoms with Gasteiger partial charge in [-0.25, -0.2) is 0 Å². The first-order chi connectivity index (χ1) is 8.24. The second-order valence-corrected chi connectivity index (χ2v) is 4.73. The quantitative estimate of drug-likeness (QED) is 0.729. The molecule has 0 saturated carbocycles. The van der Waals surface area contributed by atoms with Crippen LogP contribution in [0, 0.1) is 5.92 Å². The van der Waals surface area contributed by atoms with Gasteiger partial charge in [0.15, 0.2) is 0 Å². The summed E-state index contributed by atoms with van der Waals surface area (Å²) in [5.74, 6) is 0.245. The molecule has 4 nitrogen and oxygen atoms in total. The van der Waals surface area contributed by atoms with Crippen LogP contribution < -0.4 is 5.32 Å². The summed E-state index contributed by atoms with van der Waals surface area (Å²) < 4.78 is 0. The zero-order valence-electron chi connectivity index (χ0n) is 10.3. The fourth-order valence-corrected chi connectivity index (χ4v) is 2.64. The van der Waals surface area contributed by atoms with Crippen LogP contribution in [0.2, 0.25) is 0 Å². The van der Waals surface area contributed by atoms with E-state index in [1.165, 1.54) is 0 Å². The molecule has 0 radical (unpaired) electrons. The lowest BCUT2D eigenvalue weighted by Gasteiger charge is -2.37. The van der Waals surface area contributed by atoms with Gasteiger partial charge in [0.05, 0.1) is 0 Å². The van der Waals surface area contributed by atoms with E-state index in [4.69, 9.17) is 0 Å². The molecule has 1 N–H and O–H groups in total. The maximum absolute atomic E-state index is 12.4. The number of nitrogens with zero attached hydrogens (tertiary/aromatic N) is 1. The van der Waals surface area contributed by atoms with Crippen molar-refractivity contribution < 1.29 is 9.59 Å². The monoisotopic (exact) mass is 236 g/mol. The Morgan fingerprint density at radius 3 is 3.00 bits per heavy atom. The lowest BCUT2D eigenvalue weighted by molar-refractivity contribution is -0.146. The lowest BCUT2D eigenvalue weighted by Crippen LogP contribution is -2.58. The molecule has 0 aromatic carbocycles. The van der Waals surface area contributed by atoms with Crippen molar-refractivity contribution in [2.24, 2.45) is 5.92 Å². The number of nitrogens with one attached hydrogen (secondary N) is 1. The van der Waals surface area contributed by atoms with Crippen LogP contribution in [0.5, 0.6) is 0 Å². The number of carbonyl (C=O) groups excluding carboxylic acids is 2. The Bertz CT molecular complexity index is 338. The molecular weight excluding hydrogens is 216 g/mol. The molecule has 17 heavy (non-hydrogen) atoms. The van der Waals surface area contributed by atoms with E-state index in [1.807, 2.05) is 6.92 Å². The summed E-state index contributed by atoms with van der Waals surface area (Å²) in [6, 6.07) is -0.262. The fourth-order valence-electron chi connectivity index (χ4n) is 2.64. The van der Waals surface area contributed by atoms with Crippen LogP contribution in [0.1, 0.15) is 32.6 Å². The van der Waals surface area contributed by atoms with Gasteiger partial charge in [-0.2, -0.15) is 0 Å². The third-order valence-corrected chi connectivity index (χ3v) is 3.62. The average Bonchev–Trinajstić information content (AvgIpc) is 2.38. The van der Waals surface area contributed by atoms with Crippen LogP contribution in [0.4, 0.5) is 0 Å². The topological polar surface area (TPSA) is 49.4 Å². The molecule has 1 aliphatic carbocycles. The van der Waals surface area contributed by atoms with Crippen molar-refractivity contribution in [3.8, 4) is 0 Å². The number of hydrogen-bond acceptors (Lipinski definition) is 2. The van der Waals surface area contributed by atoms with Crippen LogP contribution in [0.15, 0.2) is 12.2 Å². The predicted octanol–water partition coefficient (Wildman–Crippen LogP) is 1.08. The molecule has 0 spiro atoms. The van der Waals surface area contributed by atoms with Crippen LogP contribution in [0.3, 0.4) is 0 Å². The Morgan fingerprint density at radius 2 is 2.35 bits per heavy atom. The molecule has 2 aliphatic rings. The van der Waals surface area contributed by atoms with E-state index in [2.05, 4.69) is 17.5 Å². The van der Waals surface area contributed by atoms with Crippen molar-refractivity contribution in [2.75, 3.05) is 13.1 Å². The summed E-state index contributed by atoms with van der Waals surface area (Å²) in [4.78, 5) is 25.9. The molecule has 1 aliphatic heterocycles. The van der Waals surface area contributed by atoms with Gasteiger partial charge in [0.2, 0.25) is 11.8 Å². The van der Waals surface area contributed by atoms with E-state index in [9.17, 15) is 9.59 Å². The van der Waals surface area contributed by atoms with Crippen LogP contribution in [-0.4, -0.2) is 35.8 Å². The molecule has 2 rings (SSSR count). The first kappa shape index (κ1) is 12.1. The third-order valence-electron chi connectivity index (χ3n) is 3.62. The predicted molar refractivity (Wildman–Crippen MR) is 65.3 cm³/mol. The van der Waals surface area contributed by atoms with Crippen molar-refractivity contribution in [3.63, 3.8) is 0 Å². The van der Waals surface area contributed by atoms with Gasteiger partial charge >= 0.3 is 0 Å². The molecule has 2 atom stereocenters. The molecule has 1 saturated heterocycles. The summed E-state index contributed by atoms with van der Waals surface area (Å²) in [6.45, 7) is 3.20. The van der Waals surface area contributed by atoms with Gasteiger partial charge in [-0.1, -0.05) is 19.1 Å². The Labute approximate surface area is 102 Å². The first-order valence-electron chi connectivity index (χ1n) is 6.47. The molecule has 1 heterocycles. The van der Waals surface area contributed by atoms with E-state index in [0.717, 1.165) is 19.3 Å². The van der Waals surface area contributed by atoms with E-state index in [0.29, 0.717) is 19.5 Å². The average molecular weight is 236 g/mol.